The van der Waals surface area contributed by atoms with E-state index in [1.807, 2.05) is 0 Å². The zero-order chi connectivity index (χ0) is 13.9. The molecule has 0 fully saturated rings. The Balaban J connectivity index is 2.87. The average molecular weight is 402 g/mol. The molecule has 0 spiro atoms. The van der Waals surface area contributed by atoms with Crippen molar-refractivity contribution in [2.75, 3.05) is 6.54 Å². The first-order valence-electron chi connectivity index (χ1n) is 5.12. The highest BCUT2D eigenvalue weighted by Crippen LogP contribution is 2.25. The summed E-state index contributed by atoms with van der Waals surface area (Å²) in [6, 6.07) is 4.11. The van der Waals surface area contributed by atoms with Crippen molar-refractivity contribution in [1.29, 1.82) is 0 Å². The van der Waals surface area contributed by atoms with E-state index in [9.17, 15) is 13.5 Å². The number of aliphatic hydroxyl groups excluding tert-OH is 1. The summed E-state index contributed by atoms with van der Waals surface area (Å²) in [6.45, 7) is 1.48. The number of aliphatic hydroxyl groups is 1. The maximum Gasteiger partial charge on any atom is 0.241 e. The summed E-state index contributed by atoms with van der Waals surface area (Å²) in [5, 5.41) is 9.20. The highest BCUT2D eigenvalue weighted by Gasteiger charge is 2.19. The standard InChI is InChI=1S/C10H14Br2N2O3S/c1-6(15)9(13)5-14-18(16,17)10-3-2-7(11)4-8(10)12/h2-4,6,9,14-15H,5,13H2,1H3. The molecule has 0 heterocycles. The van der Waals surface area contributed by atoms with Crippen LogP contribution in [0.4, 0.5) is 0 Å². The van der Waals surface area contributed by atoms with Crippen LogP contribution in [0.1, 0.15) is 6.92 Å². The maximum atomic E-state index is 12.0. The quantitative estimate of drug-likeness (QED) is 0.691. The van der Waals surface area contributed by atoms with Crippen LogP contribution in [0.2, 0.25) is 0 Å². The van der Waals surface area contributed by atoms with E-state index in [0.29, 0.717) is 4.47 Å². The van der Waals surface area contributed by atoms with Gasteiger partial charge in [-0.3, -0.25) is 0 Å². The van der Waals surface area contributed by atoms with E-state index in [2.05, 4.69) is 36.6 Å². The van der Waals surface area contributed by atoms with Crippen LogP contribution in [-0.2, 0) is 10.0 Å². The largest absolute Gasteiger partial charge is 0.392 e. The predicted molar refractivity (Wildman–Crippen MR) is 76.7 cm³/mol. The minimum Gasteiger partial charge on any atom is -0.392 e. The number of sulfonamides is 1. The monoisotopic (exact) mass is 400 g/mol. The number of halogens is 2. The van der Waals surface area contributed by atoms with Crippen LogP contribution in [0.3, 0.4) is 0 Å². The molecule has 1 aromatic carbocycles. The molecule has 0 bridgehead atoms. The molecule has 4 N–H and O–H groups in total. The van der Waals surface area contributed by atoms with Gasteiger partial charge in [0.05, 0.1) is 11.0 Å². The highest BCUT2D eigenvalue weighted by atomic mass is 79.9. The highest BCUT2D eigenvalue weighted by molar-refractivity contribution is 9.11. The summed E-state index contributed by atoms with van der Waals surface area (Å²) in [6.07, 6.45) is -0.777. The second kappa shape index (κ2) is 6.44. The third-order valence-electron chi connectivity index (χ3n) is 2.31. The summed E-state index contributed by atoms with van der Waals surface area (Å²) in [5.41, 5.74) is 5.57. The molecule has 0 saturated heterocycles. The molecule has 1 aromatic rings. The number of rotatable bonds is 5. The minimum absolute atomic E-state index is 0.0253. The maximum absolute atomic E-state index is 12.0. The molecule has 0 aliphatic carbocycles. The van der Waals surface area contributed by atoms with E-state index < -0.39 is 22.2 Å². The van der Waals surface area contributed by atoms with Gasteiger partial charge in [0.25, 0.3) is 0 Å². The number of benzene rings is 1. The van der Waals surface area contributed by atoms with E-state index >= 15 is 0 Å². The van der Waals surface area contributed by atoms with Crippen molar-refractivity contribution in [3.8, 4) is 0 Å². The van der Waals surface area contributed by atoms with Crippen LogP contribution in [0, 0.1) is 0 Å². The lowest BCUT2D eigenvalue weighted by molar-refractivity contribution is 0.164. The molecule has 5 nitrogen and oxygen atoms in total. The summed E-state index contributed by atoms with van der Waals surface area (Å²) < 4.78 is 27.6. The predicted octanol–water partition coefficient (Wildman–Crippen LogP) is 1.20. The molecule has 8 heteroatoms. The topological polar surface area (TPSA) is 92.4 Å². The van der Waals surface area contributed by atoms with Crippen LogP contribution in [0.5, 0.6) is 0 Å². The Labute approximate surface area is 123 Å². The minimum atomic E-state index is -3.65. The number of nitrogens with one attached hydrogen (secondary N) is 1. The zero-order valence-electron chi connectivity index (χ0n) is 9.60. The van der Waals surface area contributed by atoms with Crippen molar-refractivity contribution in [3.05, 3.63) is 27.1 Å². The molecule has 0 aliphatic rings. The zero-order valence-corrected chi connectivity index (χ0v) is 13.6. The molecular formula is C10H14Br2N2O3S. The van der Waals surface area contributed by atoms with Gasteiger partial charge in [-0.15, -0.1) is 0 Å². The Hall–Kier alpha value is 0.01000. The second-order valence-electron chi connectivity index (χ2n) is 3.83. The first-order valence-corrected chi connectivity index (χ1v) is 8.19. The smallest absolute Gasteiger partial charge is 0.241 e. The van der Waals surface area contributed by atoms with Crippen molar-refractivity contribution in [2.24, 2.45) is 5.73 Å². The van der Waals surface area contributed by atoms with E-state index in [0.717, 1.165) is 4.47 Å². The van der Waals surface area contributed by atoms with E-state index in [4.69, 9.17) is 5.73 Å². The third-order valence-corrected chi connectivity index (χ3v) is 5.21. The molecule has 0 radical (unpaired) electrons. The SMILES string of the molecule is CC(O)C(N)CNS(=O)(=O)c1ccc(Br)cc1Br. The molecule has 0 saturated carbocycles. The van der Waals surface area contributed by atoms with E-state index in [1.54, 1.807) is 12.1 Å². The molecule has 0 amide bonds. The average Bonchev–Trinajstić information content (AvgIpc) is 2.25. The van der Waals surface area contributed by atoms with Crippen LogP contribution in [0.15, 0.2) is 32.0 Å². The molecular weight excluding hydrogens is 388 g/mol. The van der Waals surface area contributed by atoms with Gasteiger partial charge in [-0.2, -0.15) is 0 Å². The number of hydrogen-bond donors (Lipinski definition) is 3. The molecule has 0 aromatic heterocycles. The fraction of sp³-hybridized carbons (Fsp3) is 0.400. The van der Waals surface area contributed by atoms with Crippen molar-refractivity contribution in [2.45, 2.75) is 24.0 Å². The van der Waals surface area contributed by atoms with Gasteiger partial charge in [-0.05, 0) is 41.1 Å². The van der Waals surface area contributed by atoms with Crippen LogP contribution >= 0.6 is 31.9 Å². The molecule has 102 valence electrons. The summed E-state index contributed by atoms with van der Waals surface area (Å²) in [7, 11) is -3.65. The lowest BCUT2D eigenvalue weighted by Crippen LogP contribution is -2.43. The Bertz CT molecular complexity index is 520. The Kier molecular flexibility index (Phi) is 5.75. The normalized spacial score (nSPS) is 15.4. The van der Waals surface area contributed by atoms with Crippen molar-refractivity contribution < 1.29 is 13.5 Å². The molecule has 0 aliphatic heterocycles. The van der Waals surface area contributed by atoms with Crippen molar-refractivity contribution in [1.82, 2.24) is 4.72 Å². The van der Waals surface area contributed by atoms with Gasteiger partial charge in [-0.1, -0.05) is 15.9 Å². The summed E-state index contributed by atoms with van der Waals surface area (Å²) in [4.78, 5) is 0.128. The Morgan fingerprint density at radius 2 is 2.06 bits per heavy atom. The summed E-state index contributed by atoms with van der Waals surface area (Å²) >= 11 is 6.44. The third kappa shape index (κ3) is 4.29. The van der Waals surface area contributed by atoms with Gasteiger partial charge < -0.3 is 10.8 Å². The number of hydrogen-bond acceptors (Lipinski definition) is 4. The van der Waals surface area contributed by atoms with Gasteiger partial charge in [0, 0.05) is 21.5 Å². The van der Waals surface area contributed by atoms with Gasteiger partial charge in [0.15, 0.2) is 0 Å². The van der Waals surface area contributed by atoms with Gasteiger partial charge in [0.2, 0.25) is 10.0 Å². The Morgan fingerprint density at radius 3 is 2.56 bits per heavy atom. The molecule has 2 atom stereocenters. The second-order valence-corrected chi connectivity index (χ2v) is 7.34. The van der Waals surface area contributed by atoms with Crippen LogP contribution in [-0.4, -0.2) is 32.2 Å². The lowest BCUT2D eigenvalue weighted by Gasteiger charge is -2.16. The van der Waals surface area contributed by atoms with Crippen LogP contribution in [0.25, 0.3) is 0 Å². The van der Waals surface area contributed by atoms with E-state index in [-0.39, 0.29) is 11.4 Å². The lowest BCUT2D eigenvalue weighted by atomic mass is 10.2. The van der Waals surface area contributed by atoms with Gasteiger partial charge in [0.1, 0.15) is 0 Å². The Morgan fingerprint density at radius 1 is 1.44 bits per heavy atom. The first kappa shape index (κ1) is 16.1. The van der Waals surface area contributed by atoms with Crippen molar-refractivity contribution >= 4 is 41.9 Å². The fourth-order valence-electron chi connectivity index (χ4n) is 1.15. The number of nitrogens with two attached hydrogens (primary N) is 1. The molecule has 1 rings (SSSR count). The first-order chi connectivity index (χ1) is 8.24. The fourth-order valence-corrected chi connectivity index (χ4v) is 3.96. The van der Waals surface area contributed by atoms with Crippen molar-refractivity contribution in [3.63, 3.8) is 0 Å². The van der Waals surface area contributed by atoms with Gasteiger partial charge >= 0.3 is 0 Å². The van der Waals surface area contributed by atoms with Gasteiger partial charge in [-0.25, -0.2) is 13.1 Å². The molecule has 18 heavy (non-hydrogen) atoms. The van der Waals surface area contributed by atoms with E-state index in [1.165, 1.54) is 13.0 Å². The summed E-state index contributed by atoms with van der Waals surface area (Å²) in [5.74, 6) is 0. The molecule has 2 unspecified atom stereocenters. The van der Waals surface area contributed by atoms with Crippen LogP contribution < -0.4 is 10.5 Å².